The number of likely N-dealkylation sites (tertiary alicyclic amines) is 1. The van der Waals surface area contributed by atoms with E-state index in [4.69, 9.17) is 0 Å². The molecule has 1 heterocycles. The van der Waals surface area contributed by atoms with Gasteiger partial charge in [-0.05, 0) is 19.3 Å². The van der Waals surface area contributed by atoms with Gasteiger partial charge in [-0.15, -0.1) is 0 Å². The zero-order valence-electron chi connectivity index (χ0n) is 11.8. The molecule has 0 aliphatic carbocycles. The van der Waals surface area contributed by atoms with Crippen LogP contribution in [0, 0.1) is 5.92 Å². The molecule has 0 bridgehead atoms. The maximum Gasteiger partial charge on any atom is 0.0209 e. The Hall–Kier alpha value is -0.0800. The molecule has 2 atom stereocenters. The molecule has 2 heteroatoms. The fourth-order valence-electron chi connectivity index (χ4n) is 3.03. The third-order valence-electron chi connectivity index (χ3n) is 4.10. The zero-order valence-corrected chi connectivity index (χ0v) is 11.8. The van der Waals surface area contributed by atoms with Crippen LogP contribution in [0.15, 0.2) is 0 Å². The molecular formula is C14H30N2. The van der Waals surface area contributed by atoms with Gasteiger partial charge in [-0.2, -0.15) is 0 Å². The van der Waals surface area contributed by atoms with Crippen LogP contribution in [0.3, 0.4) is 0 Å². The SMILES string of the molecule is CCC(CC)C(C)N1CCC(NC(C)C)C1. The predicted octanol–water partition coefficient (Wildman–Crippen LogP) is 2.88. The molecule has 1 aliphatic rings. The van der Waals surface area contributed by atoms with E-state index in [-0.39, 0.29) is 0 Å². The molecule has 0 amide bonds. The van der Waals surface area contributed by atoms with Gasteiger partial charge in [0, 0.05) is 31.2 Å². The third-order valence-corrected chi connectivity index (χ3v) is 4.10. The Morgan fingerprint density at radius 2 is 1.81 bits per heavy atom. The van der Waals surface area contributed by atoms with Crippen LogP contribution in [0.4, 0.5) is 0 Å². The molecule has 0 spiro atoms. The summed E-state index contributed by atoms with van der Waals surface area (Å²) in [5, 5.41) is 3.66. The number of rotatable bonds is 6. The molecule has 0 aromatic carbocycles. The second-order valence-corrected chi connectivity index (χ2v) is 5.62. The third kappa shape index (κ3) is 3.74. The summed E-state index contributed by atoms with van der Waals surface area (Å²) in [5.74, 6) is 0.873. The summed E-state index contributed by atoms with van der Waals surface area (Å²) in [6.07, 6.45) is 3.95. The van der Waals surface area contributed by atoms with Crippen LogP contribution in [0.5, 0.6) is 0 Å². The minimum absolute atomic E-state index is 0.619. The van der Waals surface area contributed by atoms with Crippen molar-refractivity contribution in [2.24, 2.45) is 5.92 Å². The molecule has 1 fully saturated rings. The largest absolute Gasteiger partial charge is 0.310 e. The summed E-state index contributed by atoms with van der Waals surface area (Å²) in [6, 6.07) is 2.10. The summed E-state index contributed by atoms with van der Waals surface area (Å²) in [5.41, 5.74) is 0. The standard InChI is InChI=1S/C14H30N2/c1-6-13(7-2)12(5)16-9-8-14(10-16)15-11(3)4/h11-15H,6-10H2,1-5H3. The molecule has 0 saturated carbocycles. The van der Waals surface area contributed by atoms with E-state index in [2.05, 4.69) is 44.8 Å². The molecule has 96 valence electrons. The second-order valence-electron chi connectivity index (χ2n) is 5.62. The van der Waals surface area contributed by atoms with E-state index in [0.717, 1.165) is 18.0 Å². The number of nitrogens with zero attached hydrogens (tertiary/aromatic N) is 1. The Labute approximate surface area is 102 Å². The fraction of sp³-hybridized carbons (Fsp3) is 1.00. The predicted molar refractivity (Wildman–Crippen MR) is 71.8 cm³/mol. The van der Waals surface area contributed by atoms with Crippen molar-refractivity contribution in [2.45, 2.75) is 72.0 Å². The molecule has 0 aromatic heterocycles. The van der Waals surface area contributed by atoms with Gasteiger partial charge in [0.1, 0.15) is 0 Å². The van der Waals surface area contributed by atoms with Crippen molar-refractivity contribution >= 4 is 0 Å². The van der Waals surface area contributed by atoms with Crippen molar-refractivity contribution in [3.8, 4) is 0 Å². The highest BCUT2D eigenvalue weighted by Crippen LogP contribution is 2.22. The Kier molecular flexibility index (Phi) is 5.77. The van der Waals surface area contributed by atoms with Crippen molar-refractivity contribution < 1.29 is 0 Å². The van der Waals surface area contributed by atoms with E-state index in [9.17, 15) is 0 Å². The number of nitrogens with one attached hydrogen (secondary N) is 1. The molecule has 2 nitrogen and oxygen atoms in total. The van der Waals surface area contributed by atoms with E-state index in [1.54, 1.807) is 0 Å². The molecule has 1 rings (SSSR count). The first-order valence-electron chi connectivity index (χ1n) is 7.08. The molecule has 1 aliphatic heterocycles. The molecule has 1 N–H and O–H groups in total. The Morgan fingerprint density at radius 1 is 1.19 bits per heavy atom. The van der Waals surface area contributed by atoms with E-state index in [1.165, 1.54) is 32.4 Å². The van der Waals surface area contributed by atoms with Gasteiger partial charge >= 0.3 is 0 Å². The van der Waals surface area contributed by atoms with Gasteiger partial charge in [0.15, 0.2) is 0 Å². The van der Waals surface area contributed by atoms with Gasteiger partial charge in [-0.1, -0.05) is 40.5 Å². The van der Waals surface area contributed by atoms with Gasteiger partial charge in [0.2, 0.25) is 0 Å². The van der Waals surface area contributed by atoms with Crippen LogP contribution in [0.25, 0.3) is 0 Å². The highest BCUT2D eigenvalue weighted by Gasteiger charge is 2.28. The van der Waals surface area contributed by atoms with Gasteiger partial charge < -0.3 is 5.32 Å². The van der Waals surface area contributed by atoms with Gasteiger partial charge in [-0.25, -0.2) is 0 Å². The minimum atomic E-state index is 0.619. The summed E-state index contributed by atoms with van der Waals surface area (Å²) < 4.78 is 0. The van der Waals surface area contributed by atoms with Crippen molar-refractivity contribution in [3.05, 3.63) is 0 Å². The first-order chi connectivity index (χ1) is 7.58. The Morgan fingerprint density at radius 3 is 2.31 bits per heavy atom. The van der Waals surface area contributed by atoms with Crippen LogP contribution in [0.1, 0.15) is 53.9 Å². The van der Waals surface area contributed by atoms with E-state index in [1.807, 2.05) is 0 Å². The van der Waals surface area contributed by atoms with Crippen molar-refractivity contribution in [1.29, 1.82) is 0 Å². The minimum Gasteiger partial charge on any atom is -0.310 e. The normalized spacial score (nSPS) is 24.6. The van der Waals surface area contributed by atoms with E-state index >= 15 is 0 Å². The fourth-order valence-corrected chi connectivity index (χ4v) is 3.03. The lowest BCUT2D eigenvalue weighted by Gasteiger charge is -2.31. The van der Waals surface area contributed by atoms with Crippen LogP contribution < -0.4 is 5.32 Å². The van der Waals surface area contributed by atoms with E-state index < -0.39 is 0 Å². The number of hydrogen-bond donors (Lipinski definition) is 1. The first kappa shape index (κ1) is 14.0. The van der Waals surface area contributed by atoms with Gasteiger partial charge in [-0.3, -0.25) is 4.90 Å². The Bertz CT molecular complexity index is 187. The Balaban J connectivity index is 2.39. The smallest absolute Gasteiger partial charge is 0.0209 e. The highest BCUT2D eigenvalue weighted by molar-refractivity contribution is 4.86. The summed E-state index contributed by atoms with van der Waals surface area (Å²) in [7, 11) is 0. The van der Waals surface area contributed by atoms with Crippen LogP contribution in [-0.4, -0.2) is 36.1 Å². The second kappa shape index (κ2) is 6.61. The van der Waals surface area contributed by atoms with Crippen LogP contribution in [-0.2, 0) is 0 Å². The average molecular weight is 226 g/mol. The molecular weight excluding hydrogens is 196 g/mol. The summed E-state index contributed by atoms with van der Waals surface area (Å²) in [4.78, 5) is 2.68. The molecule has 0 aromatic rings. The van der Waals surface area contributed by atoms with Crippen molar-refractivity contribution in [3.63, 3.8) is 0 Å². The molecule has 1 saturated heterocycles. The highest BCUT2D eigenvalue weighted by atomic mass is 15.2. The monoisotopic (exact) mass is 226 g/mol. The molecule has 16 heavy (non-hydrogen) atoms. The van der Waals surface area contributed by atoms with Crippen LogP contribution in [0.2, 0.25) is 0 Å². The topological polar surface area (TPSA) is 15.3 Å². The van der Waals surface area contributed by atoms with Crippen molar-refractivity contribution in [2.75, 3.05) is 13.1 Å². The maximum atomic E-state index is 3.66. The van der Waals surface area contributed by atoms with Crippen molar-refractivity contribution in [1.82, 2.24) is 10.2 Å². The quantitative estimate of drug-likeness (QED) is 0.749. The van der Waals surface area contributed by atoms with E-state index in [0.29, 0.717) is 6.04 Å². The first-order valence-corrected chi connectivity index (χ1v) is 7.08. The summed E-state index contributed by atoms with van der Waals surface area (Å²) in [6.45, 7) is 14.1. The molecule has 0 radical (unpaired) electrons. The lowest BCUT2D eigenvalue weighted by molar-refractivity contribution is 0.177. The maximum absolute atomic E-state index is 3.66. The lowest BCUT2D eigenvalue weighted by atomic mass is 9.94. The van der Waals surface area contributed by atoms with Gasteiger partial charge in [0.25, 0.3) is 0 Å². The lowest BCUT2D eigenvalue weighted by Crippen LogP contribution is -2.41. The number of hydrogen-bond acceptors (Lipinski definition) is 2. The zero-order chi connectivity index (χ0) is 12.1. The summed E-state index contributed by atoms with van der Waals surface area (Å²) >= 11 is 0. The van der Waals surface area contributed by atoms with Crippen LogP contribution >= 0.6 is 0 Å². The van der Waals surface area contributed by atoms with Gasteiger partial charge in [0.05, 0.1) is 0 Å². The average Bonchev–Trinajstić information content (AvgIpc) is 2.67. The molecule has 2 unspecified atom stereocenters.